The van der Waals surface area contributed by atoms with E-state index in [0.717, 1.165) is 28.4 Å². The fourth-order valence-electron chi connectivity index (χ4n) is 2.83. The molecule has 0 aliphatic carbocycles. The van der Waals surface area contributed by atoms with Crippen LogP contribution in [-0.4, -0.2) is 22.8 Å². The summed E-state index contributed by atoms with van der Waals surface area (Å²) in [6.07, 6.45) is 0.450. The van der Waals surface area contributed by atoms with Crippen LogP contribution in [0, 0.1) is 6.92 Å². The van der Waals surface area contributed by atoms with Gasteiger partial charge in [-0.05, 0) is 24.6 Å². The number of nitrogens with one attached hydrogen (secondary N) is 1. The largest absolute Gasteiger partial charge is 0.497 e. The van der Waals surface area contributed by atoms with Crippen molar-refractivity contribution in [3.63, 3.8) is 0 Å². The number of aryl methyl sites for hydroxylation is 2. The molecule has 0 fully saturated rings. The third-order valence-electron chi connectivity index (χ3n) is 3.78. The van der Waals surface area contributed by atoms with Crippen LogP contribution in [0.25, 0.3) is 0 Å². The van der Waals surface area contributed by atoms with Gasteiger partial charge in [-0.1, -0.05) is 12.1 Å². The molecule has 0 unspecified atom stereocenters. The molecule has 1 atom stereocenters. The van der Waals surface area contributed by atoms with Crippen molar-refractivity contribution in [1.82, 2.24) is 9.78 Å². The van der Waals surface area contributed by atoms with Gasteiger partial charge in [0.2, 0.25) is 5.91 Å². The zero-order chi connectivity index (χ0) is 14.3. The Morgan fingerprint density at radius 1 is 1.35 bits per heavy atom. The first-order valence-corrected chi connectivity index (χ1v) is 6.57. The number of amides is 1. The summed E-state index contributed by atoms with van der Waals surface area (Å²) in [4.78, 5) is 11.9. The molecule has 1 aromatic heterocycles. The van der Waals surface area contributed by atoms with Gasteiger partial charge in [0.25, 0.3) is 0 Å². The summed E-state index contributed by atoms with van der Waals surface area (Å²) >= 11 is 0. The first kappa shape index (κ1) is 12.7. The predicted molar refractivity (Wildman–Crippen MR) is 76.0 cm³/mol. The fraction of sp³-hybridized carbons (Fsp3) is 0.333. The molecule has 2 aromatic rings. The van der Waals surface area contributed by atoms with E-state index in [1.54, 1.807) is 11.8 Å². The van der Waals surface area contributed by atoms with Crippen molar-refractivity contribution in [1.29, 1.82) is 0 Å². The third-order valence-corrected chi connectivity index (χ3v) is 3.78. The minimum atomic E-state index is 0.0290. The van der Waals surface area contributed by atoms with E-state index in [9.17, 15) is 4.79 Å². The normalized spacial score (nSPS) is 17.6. The van der Waals surface area contributed by atoms with Crippen molar-refractivity contribution >= 4 is 11.7 Å². The quantitative estimate of drug-likeness (QED) is 0.911. The Balaban J connectivity index is 2.07. The summed E-state index contributed by atoms with van der Waals surface area (Å²) in [5.41, 5.74) is 3.18. The average Bonchev–Trinajstić information content (AvgIpc) is 2.73. The highest BCUT2D eigenvalue weighted by atomic mass is 16.5. The Morgan fingerprint density at radius 3 is 2.70 bits per heavy atom. The Bertz CT molecular complexity index is 659. The van der Waals surface area contributed by atoms with E-state index >= 15 is 0 Å². The SMILES string of the molecule is COc1ccc([C@@H]2CC(=O)Nc3c2c(C)nn3C)cc1. The van der Waals surface area contributed by atoms with Crippen LogP contribution < -0.4 is 10.1 Å². The van der Waals surface area contributed by atoms with E-state index in [0.29, 0.717) is 6.42 Å². The maximum absolute atomic E-state index is 11.9. The van der Waals surface area contributed by atoms with Crippen molar-refractivity contribution in [3.8, 4) is 5.75 Å². The van der Waals surface area contributed by atoms with Gasteiger partial charge in [0, 0.05) is 24.9 Å². The fourth-order valence-corrected chi connectivity index (χ4v) is 2.83. The van der Waals surface area contributed by atoms with E-state index in [-0.39, 0.29) is 11.8 Å². The molecule has 1 amide bonds. The van der Waals surface area contributed by atoms with Crippen LogP contribution in [0.15, 0.2) is 24.3 Å². The summed E-state index contributed by atoms with van der Waals surface area (Å²) in [5.74, 6) is 1.70. The van der Waals surface area contributed by atoms with Gasteiger partial charge >= 0.3 is 0 Å². The molecule has 5 nitrogen and oxygen atoms in total. The van der Waals surface area contributed by atoms with Crippen molar-refractivity contribution in [3.05, 3.63) is 41.1 Å². The van der Waals surface area contributed by atoms with E-state index in [4.69, 9.17) is 4.74 Å². The number of ether oxygens (including phenoxy) is 1. The number of aromatic nitrogens is 2. The Hall–Kier alpha value is -2.30. The summed E-state index contributed by atoms with van der Waals surface area (Å²) in [6.45, 7) is 1.98. The lowest BCUT2D eigenvalue weighted by atomic mass is 9.86. The summed E-state index contributed by atoms with van der Waals surface area (Å²) in [5, 5.41) is 7.32. The molecule has 0 bridgehead atoms. The van der Waals surface area contributed by atoms with Crippen molar-refractivity contribution in [2.45, 2.75) is 19.3 Å². The van der Waals surface area contributed by atoms with Crippen LogP contribution in [0.1, 0.15) is 29.2 Å². The van der Waals surface area contributed by atoms with Gasteiger partial charge in [0.1, 0.15) is 11.6 Å². The lowest BCUT2D eigenvalue weighted by molar-refractivity contribution is -0.116. The Labute approximate surface area is 117 Å². The smallest absolute Gasteiger partial charge is 0.226 e. The summed E-state index contributed by atoms with van der Waals surface area (Å²) in [7, 11) is 3.49. The third kappa shape index (κ3) is 1.95. The molecule has 1 aromatic carbocycles. The number of fused-ring (bicyclic) bond motifs is 1. The molecule has 0 radical (unpaired) electrons. The lowest BCUT2D eigenvalue weighted by Gasteiger charge is -2.24. The highest BCUT2D eigenvalue weighted by Crippen LogP contribution is 2.39. The number of anilines is 1. The standard InChI is InChI=1S/C15H17N3O2/c1-9-14-12(10-4-6-11(20-3)7-5-10)8-13(19)16-15(14)18(2)17-9/h4-7,12H,8H2,1-3H3,(H,16,19)/t12-/m0/s1. The molecule has 104 valence electrons. The van der Waals surface area contributed by atoms with Crippen LogP contribution in [-0.2, 0) is 11.8 Å². The van der Waals surface area contributed by atoms with Gasteiger partial charge < -0.3 is 10.1 Å². The van der Waals surface area contributed by atoms with Crippen LogP contribution in [0.3, 0.4) is 0 Å². The number of rotatable bonds is 2. The maximum Gasteiger partial charge on any atom is 0.226 e. The second kappa shape index (κ2) is 4.67. The molecule has 0 saturated carbocycles. The van der Waals surface area contributed by atoms with Crippen LogP contribution in [0.2, 0.25) is 0 Å². The molecule has 1 aliphatic heterocycles. The van der Waals surface area contributed by atoms with Gasteiger partial charge in [-0.2, -0.15) is 5.10 Å². The van der Waals surface area contributed by atoms with E-state index in [1.807, 2.05) is 38.2 Å². The van der Waals surface area contributed by atoms with Gasteiger partial charge in [0.05, 0.1) is 12.8 Å². The van der Waals surface area contributed by atoms with Crippen LogP contribution >= 0.6 is 0 Å². The highest BCUT2D eigenvalue weighted by molar-refractivity contribution is 5.94. The van der Waals surface area contributed by atoms with Gasteiger partial charge in [-0.3, -0.25) is 9.48 Å². The monoisotopic (exact) mass is 271 g/mol. The molecule has 0 saturated heterocycles. The van der Waals surface area contributed by atoms with Crippen LogP contribution in [0.5, 0.6) is 5.75 Å². The second-order valence-corrected chi connectivity index (χ2v) is 5.05. The van der Waals surface area contributed by atoms with E-state index in [1.165, 1.54) is 0 Å². The number of benzene rings is 1. The zero-order valence-corrected chi connectivity index (χ0v) is 11.8. The molecule has 2 heterocycles. The molecule has 0 spiro atoms. The maximum atomic E-state index is 11.9. The zero-order valence-electron chi connectivity index (χ0n) is 11.8. The molecule has 3 rings (SSSR count). The minimum Gasteiger partial charge on any atom is -0.497 e. The number of hydrogen-bond donors (Lipinski definition) is 1. The van der Waals surface area contributed by atoms with Gasteiger partial charge in [-0.25, -0.2) is 0 Å². The topological polar surface area (TPSA) is 56.1 Å². The molecule has 1 aliphatic rings. The molecule has 20 heavy (non-hydrogen) atoms. The second-order valence-electron chi connectivity index (χ2n) is 5.05. The molecule has 5 heteroatoms. The number of methoxy groups -OCH3 is 1. The summed E-state index contributed by atoms with van der Waals surface area (Å²) < 4.78 is 6.91. The average molecular weight is 271 g/mol. The predicted octanol–water partition coefficient (Wildman–Crippen LogP) is 2.21. The first-order chi connectivity index (χ1) is 9.60. The molecular weight excluding hydrogens is 254 g/mol. The van der Waals surface area contributed by atoms with E-state index < -0.39 is 0 Å². The first-order valence-electron chi connectivity index (χ1n) is 6.57. The van der Waals surface area contributed by atoms with Crippen LogP contribution in [0.4, 0.5) is 5.82 Å². The Kier molecular flexibility index (Phi) is 2.97. The van der Waals surface area contributed by atoms with Gasteiger partial charge in [0.15, 0.2) is 0 Å². The van der Waals surface area contributed by atoms with E-state index in [2.05, 4.69) is 10.4 Å². The molecule has 1 N–H and O–H groups in total. The lowest BCUT2D eigenvalue weighted by Crippen LogP contribution is -2.24. The van der Waals surface area contributed by atoms with Crippen molar-refractivity contribution in [2.75, 3.05) is 12.4 Å². The van der Waals surface area contributed by atoms with Gasteiger partial charge in [-0.15, -0.1) is 0 Å². The number of hydrogen-bond acceptors (Lipinski definition) is 3. The Morgan fingerprint density at radius 2 is 2.05 bits per heavy atom. The number of carbonyl (C=O) groups excluding carboxylic acids is 1. The van der Waals surface area contributed by atoms with Crippen molar-refractivity contribution < 1.29 is 9.53 Å². The van der Waals surface area contributed by atoms with Crippen molar-refractivity contribution in [2.24, 2.45) is 7.05 Å². The summed E-state index contributed by atoms with van der Waals surface area (Å²) in [6, 6.07) is 7.87. The number of nitrogens with zero attached hydrogens (tertiary/aromatic N) is 2. The number of carbonyl (C=O) groups is 1. The minimum absolute atomic E-state index is 0.0290. The molecular formula is C15H17N3O2. The highest BCUT2D eigenvalue weighted by Gasteiger charge is 2.31.